The lowest BCUT2D eigenvalue weighted by molar-refractivity contribution is 0.265. The Hall–Kier alpha value is -0.280. The van der Waals surface area contributed by atoms with E-state index in [9.17, 15) is 0 Å². The van der Waals surface area contributed by atoms with Crippen molar-refractivity contribution in [1.82, 2.24) is 5.32 Å². The highest BCUT2D eigenvalue weighted by atomic mass is 35.5. The second kappa shape index (κ2) is 7.13. The van der Waals surface area contributed by atoms with Crippen molar-refractivity contribution in [2.24, 2.45) is 0 Å². The molecule has 2 nitrogen and oxygen atoms in total. The van der Waals surface area contributed by atoms with Crippen molar-refractivity contribution < 1.29 is 5.11 Å². The SMILES string of the molecule is CCCNC(CCO)c1ccc(Cl)c(Cl)c1. The Morgan fingerprint density at radius 2 is 2.06 bits per heavy atom. The number of aliphatic hydroxyl groups is 1. The van der Waals surface area contributed by atoms with Gasteiger partial charge in [0.25, 0.3) is 0 Å². The lowest BCUT2D eigenvalue weighted by Crippen LogP contribution is -2.23. The van der Waals surface area contributed by atoms with Gasteiger partial charge in [-0.2, -0.15) is 0 Å². The molecule has 0 aromatic heterocycles. The second-order valence-corrected chi connectivity index (χ2v) is 4.51. The van der Waals surface area contributed by atoms with Crippen LogP contribution < -0.4 is 5.32 Å². The summed E-state index contributed by atoms with van der Waals surface area (Å²) in [4.78, 5) is 0. The van der Waals surface area contributed by atoms with Crippen molar-refractivity contribution in [3.63, 3.8) is 0 Å². The third-order valence-electron chi connectivity index (χ3n) is 2.40. The van der Waals surface area contributed by atoms with Crippen LogP contribution in [0.15, 0.2) is 18.2 Å². The first-order valence-electron chi connectivity index (χ1n) is 5.48. The van der Waals surface area contributed by atoms with Crippen LogP contribution >= 0.6 is 23.2 Å². The molecule has 0 spiro atoms. The Labute approximate surface area is 107 Å². The van der Waals surface area contributed by atoms with E-state index in [4.69, 9.17) is 28.3 Å². The van der Waals surface area contributed by atoms with Crippen molar-refractivity contribution >= 4 is 23.2 Å². The molecule has 0 aliphatic carbocycles. The van der Waals surface area contributed by atoms with E-state index >= 15 is 0 Å². The number of hydrogen-bond donors (Lipinski definition) is 2. The molecule has 0 aliphatic heterocycles. The van der Waals surface area contributed by atoms with Crippen molar-refractivity contribution in [3.8, 4) is 0 Å². The van der Waals surface area contributed by atoms with E-state index in [1.807, 2.05) is 12.1 Å². The smallest absolute Gasteiger partial charge is 0.0595 e. The van der Waals surface area contributed by atoms with Crippen LogP contribution in [0.5, 0.6) is 0 Å². The lowest BCUT2D eigenvalue weighted by atomic mass is 10.0. The maximum absolute atomic E-state index is 9.02. The van der Waals surface area contributed by atoms with Gasteiger partial charge >= 0.3 is 0 Å². The molecule has 0 heterocycles. The summed E-state index contributed by atoms with van der Waals surface area (Å²) in [6.07, 6.45) is 1.74. The minimum Gasteiger partial charge on any atom is -0.396 e. The summed E-state index contributed by atoms with van der Waals surface area (Å²) < 4.78 is 0. The topological polar surface area (TPSA) is 32.3 Å². The Morgan fingerprint density at radius 1 is 1.31 bits per heavy atom. The maximum Gasteiger partial charge on any atom is 0.0595 e. The molecule has 0 aliphatic rings. The molecule has 1 aromatic carbocycles. The van der Waals surface area contributed by atoms with Gasteiger partial charge in [0, 0.05) is 12.6 Å². The van der Waals surface area contributed by atoms with Crippen LogP contribution in [0.1, 0.15) is 31.4 Å². The van der Waals surface area contributed by atoms with E-state index in [0.29, 0.717) is 16.5 Å². The van der Waals surface area contributed by atoms with E-state index < -0.39 is 0 Å². The van der Waals surface area contributed by atoms with Gasteiger partial charge in [-0.3, -0.25) is 0 Å². The number of hydrogen-bond acceptors (Lipinski definition) is 2. The predicted molar refractivity (Wildman–Crippen MR) is 69.2 cm³/mol. The van der Waals surface area contributed by atoms with Crippen molar-refractivity contribution in [3.05, 3.63) is 33.8 Å². The highest BCUT2D eigenvalue weighted by Crippen LogP contribution is 2.26. The largest absolute Gasteiger partial charge is 0.396 e. The molecule has 4 heteroatoms. The maximum atomic E-state index is 9.02. The van der Waals surface area contributed by atoms with Crippen LogP contribution in [-0.2, 0) is 0 Å². The number of halogens is 2. The van der Waals surface area contributed by atoms with Crippen LogP contribution in [-0.4, -0.2) is 18.3 Å². The molecule has 1 aromatic rings. The number of nitrogens with one attached hydrogen (secondary N) is 1. The van der Waals surface area contributed by atoms with Crippen LogP contribution in [0.3, 0.4) is 0 Å². The molecular formula is C12H17Cl2NO. The van der Waals surface area contributed by atoms with Crippen molar-refractivity contribution in [2.75, 3.05) is 13.2 Å². The minimum absolute atomic E-state index is 0.139. The zero-order chi connectivity index (χ0) is 12.0. The van der Waals surface area contributed by atoms with Crippen LogP contribution in [0.2, 0.25) is 10.0 Å². The first kappa shape index (κ1) is 13.8. The van der Waals surface area contributed by atoms with Gasteiger partial charge < -0.3 is 10.4 Å². The van der Waals surface area contributed by atoms with Gasteiger partial charge in [-0.1, -0.05) is 36.2 Å². The van der Waals surface area contributed by atoms with Gasteiger partial charge in [0.15, 0.2) is 0 Å². The molecule has 0 fully saturated rings. The van der Waals surface area contributed by atoms with Crippen LogP contribution in [0.4, 0.5) is 0 Å². The third kappa shape index (κ3) is 3.95. The molecule has 90 valence electrons. The molecule has 1 rings (SSSR count). The Balaban J connectivity index is 2.78. The lowest BCUT2D eigenvalue weighted by Gasteiger charge is -2.18. The average molecular weight is 262 g/mol. The summed E-state index contributed by atoms with van der Waals surface area (Å²) in [7, 11) is 0. The molecule has 0 saturated carbocycles. The number of aliphatic hydroxyl groups excluding tert-OH is 1. The van der Waals surface area contributed by atoms with Gasteiger partial charge in [0.05, 0.1) is 10.0 Å². The molecule has 16 heavy (non-hydrogen) atoms. The van der Waals surface area contributed by atoms with Gasteiger partial charge in [-0.05, 0) is 37.1 Å². The van der Waals surface area contributed by atoms with Gasteiger partial charge in [0.1, 0.15) is 0 Å². The normalized spacial score (nSPS) is 12.8. The van der Waals surface area contributed by atoms with Gasteiger partial charge in [-0.25, -0.2) is 0 Å². The Kier molecular flexibility index (Phi) is 6.14. The highest BCUT2D eigenvalue weighted by molar-refractivity contribution is 6.42. The zero-order valence-electron chi connectivity index (χ0n) is 9.34. The van der Waals surface area contributed by atoms with E-state index in [0.717, 1.165) is 18.5 Å². The van der Waals surface area contributed by atoms with Gasteiger partial charge in [0.2, 0.25) is 0 Å². The van der Waals surface area contributed by atoms with E-state index in [1.54, 1.807) is 6.07 Å². The summed E-state index contributed by atoms with van der Waals surface area (Å²) >= 11 is 11.8. The first-order chi connectivity index (χ1) is 7.69. The summed E-state index contributed by atoms with van der Waals surface area (Å²) in [5, 5.41) is 13.5. The average Bonchev–Trinajstić information content (AvgIpc) is 2.28. The first-order valence-corrected chi connectivity index (χ1v) is 6.23. The van der Waals surface area contributed by atoms with Crippen molar-refractivity contribution in [1.29, 1.82) is 0 Å². The standard InChI is InChI=1S/C12H17Cl2NO/c1-2-6-15-12(5-7-16)9-3-4-10(13)11(14)8-9/h3-4,8,12,15-16H,2,5-7H2,1H3. The predicted octanol–water partition coefficient (Wildman–Crippen LogP) is 3.42. The summed E-state index contributed by atoms with van der Waals surface area (Å²) in [5.41, 5.74) is 1.07. The minimum atomic E-state index is 0.139. The molecule has 0 bridgehead atoms. The molecule has 0 radical (unpaired) electrons. The molecule has 0 saturated heterocycles. The zero-order valence-corrected chi connectivity index (χ0v) is 10.9. The monoisotopic (exact) mass is 261 g/mol. The van der Waals surface area contributed by atoms with E-state index in [1.165, 1.54) is 0 Å². The summed E-state index contributed by atoms with van der Waals surface area (Å²) in [6.45, 7) is 3.18. The number of benzene rings is 1. The fourth-order valence-corrected chi connectivity index (χ4v) is 1.87. The van der Waals surface area contributed by atoms with E-state index in [2.05, 4.69) is 12.2 Å². The van der Waals surface area contributed by atoms with E-state index in [-0.39, 0.29) is 12.6 Å². The van der Waals surface area contributed by atoms with Crippen LogP contribution in [0.25, 0.3) is 0 Å². The fraction of sp³-hybridized carbons (Fsp3) is 0.500. The quantitative estimate of drug-likeness (QED) is 0.823. The Bertz CT molecular complexity index is 331. The molecule has 1 atom stereocenters. The van der Waals surface area contributed by atoms with Gasteiger partial charge in [-0.15, -0.1) is 0 Å². The second-order valence-electron chi connectivity index (χ2n) is 3.69. The molecule has 2 N–H and O–H groups in total. The Morgan fingerprint density at radius 3 is 2.62 bits per heavy atom. The molecule has 1 unspecified atom stereocenters. The molecular weight excluding hydrogens is 245 g/mol. The van der Waals surface area contributed by atoms with Crippen LogP contribution in [0, 0.1) is 0 Å². The summed E-state index contributed by atoms with van der Waals surface area (Å²) in [6, 6.07) is 5.72. The number of rotatable bonds is 6. The third-order valence-corrected chi connectivity index (χ3v) is 3.14. The fourth-order valence-electron chi connectivity index (χ4n) is 1.56. The summed E-state index contributed by atoms with van der Waals surface area (Å²) in [5.74, 6) is 0. The highest BCUT2D eigenvalue weighted by Gasteiger charge is 2.11. The molecule has 0 amide bonds. The van der Waals surface area contributed by atoms with Crippen molar-refractivity contribution in [2.45, 2.75) is 25.8 Å².